The van der Waals surface area contributed by atoms with Gasteiger partial charge in [0.2, 0.25) is 0 Å². The summed E-state index contributed by atoms with van der Waals surface area (Å²) in [6, 6.07) is 13.7. The van der Waals surface area contributed by atoms with E-state index in [1.54, 1.807) is 12.4 Å². The number of fused-ring (bicyclic) bond motifs is 1. The molecule has 1 atom stereocenters. The van der Waals surface area contributed by atoms with E-state index in [1.807, 2.05) is 47.4 Å². The highest BCUT2D eigenvalue weighted by Gasteiger charge is 2.29. The van der Waals surface area contributed by atoms with Crippen LogP contribution >= 0.6 is 0 Å². The van der Waals surface area contributed by atoms with E-state index >= 15 is 0 Å². The van der Waals surface area contributed by atoms with Crippen LogP contribution in [0.3, 0.4) is 0 Å². The van der Waals surface area contributed by atoms with E-state index in [9.17, 15) is 4.79 Å². The average Bonchev–Trinajstić information content (AvgIpc) is 3.17. The van der Waals surface area contributed by atoms with Crippen molar-refractivity contribution in [3.63, 3.8) is 0 Å². The summed E-state index contributed by atoms with van der Waals surface area (Å²) in [5.41, 5.74) is 3.29. The van der Waals surface area contributed by atoms with Gasteiger partial charge in [0, 0.05) is 29.9 Å². The third kappa shape index (κ3) is 2.88. The minimum Gasteiger partial charge on any atom is -0.328 e. The van der Waals surface area contributed by atoms with E-state index in [2.05, 4.69) is 31.0 Å². The maximum absolute atomic E-state index is 13.4. The Labute approximate surface area is 153 Å². The van der Waals surface area contributed by atoms with Gasteiger partial charge in [-0.05, 0) is 30.2 Å². The molecule has 0 spiro atoms. The fourth-order valence-electron chi connectivity index (χ4n) is 3.52. The van der Waals surface area contributed by atoms with Gasteiger partial charge in [0.1, 0.15) is 0 Å². The van der Waals surface area contributed by atoms with Crippen LogP contribution in [0.1, 0.15) is 24.2 Å². The van der Waals surface area contributed by atoms with Crippen molar-refractivity contribution in [3.05, 3.63) is 72.6 Å². The zero-order valence-electron chi connectivity index (χ0n) is 15.0. The van der Waals surface area contributed by atoms with Gasteiger partial charge in [-0.3, -0.25) is 9.78 Å². The summed E-state index contributed by atoms with van der Waals surface area (Å²) in [6.45, 7) is 4.95. The Morgan fingerprint density at radius 1 is 1.15 bits per heavy atom. The van der Waals surface area contributed by atoms with E-state index in [4.69, 9.17) is 4.98 Å². The van der Waals surface area contributed by atoms with Gasteiger partial charge in [-0.1, -0.05) is 44.2 Å². The third-order valence-electron chi connectivity index (χ3n) is 4.86. The minimum atomic E-state index is 0.0580. The lowest BCUT2D eigenvalue weighted by Gasteiger charge is -2.28. The second-order valence-corrected chi connectivity index (χ2v) is 6.93. The summed E-state index contributed by atoms with van der Waals surface area (Å²) in [4.78, 5) is 24.2. The summed E-state index contributed by atoms with van der Waals surface area (Å²) in [6.07, 6.45) is 7.70. The molecule has 4 nitrogen and oxygen atoms in total. The first-order chi connectivity index (χ1) is 12.6. The van der Waals surface area contributed by atoms with Crippen molar-refractivity contribution in [2.75, 3.05) is 6.54 Å². The Morgan fingerprint density at radius 3 is 2.69 bits per heavy atom. The first-order valence-electron chi connectivity index (χ1n) is 8.93. The molecule has 0 fully saturated rings. The standard InChI is InChI=1S/C22H21N3O/c1-15(2)21-8-5-13-25(21)22(26)18-14-20(16-9-11-23-12-10-16)24-19-7-4-3-6-17(18)19/h3-12,14-15,21H,13H2,1-2H3/t21-/m1/s1. The Bertz CT molecular complexity index is 979. The summed E-state index contributed by atoms with van der Waals surface area (Å²) >= 11 is 0. The molecule has 0 aliphatic carbocycles. The number of carbonyl (C=O) groups is 1. The van der Waals surface area contributed by atoms with Crippen molar-refractivity contribution < 1.29 is 4.79 Å². The van der Waals surface area contributed by atoms with Crippen LogP contribution in [0.2, 0.25) is 0 Å². The molecule has 4 heteroatoms. The van der Waals surface area contributed by atoms with E-state index in [0.717, 1.165) is 22.2 Å². The lowest BCUT2D eigenvalue weighted by Crippen LogP contribution is -2.39. The van der Waals surface area contributed by atoms with Crippen molar-refractivity contribution >= 4 is 16.8 Å². The molecule has 0 N–H and O–H groups in total. The molecule has 0 unspecified atom stereocenters. The highest BCUT2D eigenvalue weighted by atomic mass is 16.2. The number of pyridine rings is 2. The van der Waals surface area contributed by atoms with Crippen LogP contribution in [-0.4, -0.2) is 33.4 Å². The zero-order chi connectivity index (χ0) is 18.1. The number of para-hydroxylation sites is 1. The number of nitrogens with zero attached hydrogens (tertiary/aromatic N) is 3. The summed E-state index contributed by atoms with van der Waals surface area (Å²) in [7, 11) is 0. The number of hydrogen-bond donors (Lipinski definition) is 0. The molecule has 0 bridgehead atoms. The fraction of sp³-hybridized carbons (Fsp3) is 0.227. The lowest BCUT2D eigenvalue weighted by atomic mass is 10.0. The van der Waals surface area contributed by atoms with Gasteiger partial charge >= 0.3 is 0 Å². The topological polar surface area (TPSA) is 46.1 Å². The van der Waals surface area contributed by atoms with Gasteiger partial charge in [0.15, 0.2) is 0 Å². The molecular formula is C22H21N3O. The third-order valence-corrected chi connectivity index (χ3v) is 4.86. The number of rotatable bonds is 3. The molecule has 3 aromatic rings. The molecule has 0 radical (unpaired) electrons. The average molecular weight is 343 g/mol. The van der Waals surface area contributed by atoms with Crippen molar-refractivity contribution in [2.45, 2.75) is 19.9 Å². The van der Waals surface area contributed by atoms with Crippen molar-refractivity contribution in [3.8, 4) is 11.3 Å². The monoisotopic (exact) mass is 343 g/mol. The number of aromatic nitrogens is 2. The molecule has 26 heavy (non-hydrogen) atoms. The molecule has 3 heterocycles. The molecule has 4 rings (SSSR count). The van der Waals surface area contributed by atoms with Crippen LogP contribution < -0.4 is 0 Å². The zero-order valence-corrected chi connectivity index (χ0v) is 15.0. The molecule has 2 aromatic heterocycles. The highest BCUT2D eigenvalue weighted by Crippen LogP contribution is 2.28. The molecule has 130 valence electrons. The first-order valence-corrected chi connectivity index (χ1v) is 8.93. The fourth-order valence-corrected chi connectivity index (χ4v) is 3.52. The van der Waals surface area contributed by atoms with Crippen LogP contribution in [0.5, 0.6) is 0 Å². The van der Waals surface area contributed by atoms with Crippen LogP contribution in [0, 0.1) is 5.92 Å². The number of carbonyl (C=O) groups excluding carboxylic acids is 1. The van der Waals surface area contributed by atoms with Crippen molar-refractivity contribution in [1.29, 1.82) is 0 Å². The lowest BCUT2D eigenvalue weighted by molar-refractivity contribution is 0.0722. The van der Waals surface area contributed by atoms with Crippen LogP contribution in [0.4, 0.5) is 0 Å². The summed E-state index contributed by atoms with van der Waals surface area (Å²) in [5.74, 6) is 0.438. The van der Waals surface area contributed by atoms with Gasteiger partial charge in [-0.15, -0.1) is 0 Å². The maximum Gasteiger partial charge on any atom is 0.255 e. The second-order valence-electron chi connectivity index (χ2n) is 6.93. The van der Waals surface area contributed by atoms with Gasteiger partial charge in [-0.2, -0.15) is 0 Å². The molecule has 1 amide bonds. The Morgan fingerprint density at radius 2 is 1.92 bits per heavy atom. The molecule has 1 aliphatic heterocycles. The Kier molecular flexibility index (Phi) is 4.25. The number of hydrogen-bond acceptors (Lipinski definition) is 3. The number of benzene rings is 1. The molecule has 0 saturated heterocycles. The highest BCUT2D eigenvalue weighted by molar-refractivity contribution is 6.07. The maximum atomic E-state index is 13.4. The molecule has 1 aromatic carbocycles. The van der Waals surface area contributed by atoms with Crippen LogP contribution in [0.15, 0.2) is 67.0 Å². The van der Waals surface area contributed by atoms with Gasteiger partial charge in [0.25, 0.3) is 5.91 Å². The first kappa shape index (κ1) is 16.5. The van der Waals surface area contributed by atoms with E-state index in [0.29, 0.717) is 18.0 Å². The predicted octanol–water partition coefficient (Wildman–Crippen LogP) is 4.33. The summed E-state index contributed by atoms with van der Waals surface area (Å²) in [5, 5.41) is 0.893. The van der Waals surface area contributed by atoms with Crippen LogP contribution in [-0.2, 0) is 0 Å². The van der Waals surface area contributed by atoms with Crippen LogP contribution in [0.25, 0.3) is 22.2 Å². The molecule has 1 aliphatic rings. The normalized spacial score (nSPS) is 16.6. The minimum absolute atomic E-state index is 0.0580. The molecular weight excluding hydrogens is 322 g/mol. The Balaban J connectivity index is 1.84. The van der Waals surface area contributed by atoms with E-state index in [1.165, 1.54) is 0 Å². The predicted molar refractivity (Wildman–Crippen MR) is 104 cm³/mol. The number of amides is 1. The second kappa shape index (κ2) is 6.71. The van der Waals surface area contributed by atoms with Gasteiger partial charge in [0.05, 0.1) is 22.8 Å². The quantitative estimate of drug-likeness (QED) is 0.665. The van der Waals surface area contributed by atoms with Crippen molar-refractivity contribution in [2.24, 2.45) is 5.92 Å². The largest absolute Gasteiger partial charge is 0.328 e. The molecule has 0 saturated carbocycles. The Hall–Kier alpha value is -3.01. The van der Waals surface area contributed by atoms with Crippen molar-refractivity contribution in [1.82, 2.24) is 14.9 Å². The summed E-state index contributed by atoms with van der Waals surface area (Å²) < 4.78 is 0. The van der Waals surface area contributed by atoms with E-state index in [-0.39, 0.29) is 11.9 Å². The SMILES string of the molecule is CC(C)[C@H]1C=CCN1C(=O)c1cc(-c2ccncc2)nc2ccccc12. The van der Waals surface area contributed by atoms with Gasteiger partial charge in [-0.25, -0.2) is 4.98 Å². The van der Waals surface area contributed by atoms with Gasteiger partial charge < -0.3 is 4.90 Å². The smallest absolute Gasteiger partial charge is 0.255 e. The van der Waals surface area contributed by atoms with E-state index < -0.39 is 0 Å².